The van der Waals surface area contributed by atoms with Gasteiger partial charge in [0.2, 0.25) is 0 Å². The van der Waals surface area contributed by atoms with Gasteiger partial charge in [0.05, 0.1) is 0 Å². The summed E-state index contributed by atoms with van der Waals surface area (Å²) in [6.07, 6.45) is -2.15. The normalized spacial score (nSPS) is 10.6. The summed E-state index contributed by atoms with van der Waals surface area (Å²) in [5.41, 5.74) is 0.779. The Morgan fingerprint density at radius 1 is 1.64 bits per heavy atom. The summed E-state index contributed by atoms with van der Waals surface area (Å²) >= 11 is 3.16. The van der Waals surface area contributed by atoms with Gasteiger partial charge in [-0.1, -0.05) is 22.0 Å². The second kappa shape index (κ2) is 4.59. The maximum absolute atomic E-state index is 12.4. The Kier molecular flexibility index (Phi) is 3.69. The average Bonchev–Trinajstić information content (AvgIpc) is 2.16. The first-order valence-corrected chi connectivity index (χ1v) is 5.02. The van der Waals surface area contributed by atoms with Gasteiger partial charge in [-0.3, -0.25) is 4.79 Å². The van der Waals surface area contributed by atoms with Gasteiger partial charge in [-0.05, 0) is 18.1 Å². The van der Waals surface area contributed by atoms with Gasteiger partial charge < -0.3 is 0 Å². The third-order valence-electron chi connectivity index (χ3n) is 1.83. The van der Waals surface area contributed by atoms with Gasteiger partial charge in [-0.25, -0.2) is 13.8 Å². The van der Waals surface area contributed by atoms with E-state index in [1.165, 1.54) is 0 Å². The van der Waals surface area contributed by atoms with E-state index in [1.807, 2.05) is 0 Å². The van der Waals surface area contributed by atoms with E-state index in [0.29, 0.717) is 22.7 Å². The standard InChI is InChI=1S/C9H8BrF2NO/c1-5-2-6(3-10)7(4-14)13-8(5)9(11)12/h2,4,9H,3H2,1H3. The number of halogens is 3. The fourth-order valence-electron chi connectivity index (χ4n) is 1.13. The molecule has 0 fully saturated rings. The molecule has 14 heavy (non-hydrogen) atoms. The molecule has 2 nitrogen and oxygen atoms in total. The number of rotatable bonds is 3. The molecule has 5 heteroatoms. The molecule has 0 N–H and O–H groups in total. The molecule has 0 radical (unpaired) electrons. The minimum Gasteiger partial charge on any atom is -0.296 e. The lowest BCUT2D eigenvalue weighted by Gasteiger charge is -2.07. The quantitative estimate of drug-likeness (QED) is 0.620. The summed E-state index contributed by atoms with van der Waals surface area (Å²) in [6, 6.07) is 1.55. The molecular weight excluding hydrogens is 256 g/mol. The second-order valence-corrected chi connectivity index (χ2v) is 3.35. The number of aryl methyl sites for hydroxylation is 1. The van der Waals surface area contributed by atoms with Crippen LogP contribution in [0.5, 0.6) is 0 Å². The van der Waals surface area contributed by atoms with Crippen molar-refractivity contribution in [3.63, 3.8) is 0 Å². The molecule has 0 amide bonds. The zero-order chi connectivity index (χ0) is 10.7. The molecule has 0 saturated carbocycles. The van der Waals surface area contributed by atoms with Crippen LogP contribution < -0.4 is 0 Å². The van der Waals surface area contributed by atoms with Gasteiger partial charge in [0.1, 0.15) is 11.4 Å². The lowest BCUT2D eigenvalue weighted by atomic mass is 10.1. The van der Waals surface area contributed by atoms with Crippen molar-refractivity contribution in [3.05, 3.63) is 28.6 Å². The van der Waals surface area contributed by atoms with E-state index in [9.17, 15) is 13.6 Å². The Morgan fingerprint density at radius 2 is 2.29 bits per heavy atom. The highest BCUT2D eigenvalue weighted by molar-refractivity contribution is 9.08. The Morgan fingerprint density at radius 3 is 2.71 bits per heavy atom. The van der Waals surface area contributed by atoms with E-state index in [0.717, 1.165) is 0 Å². The van der Waals surface area contributed by atoms with Gasteiger partial charge >= 0.3 is 0 Å². The lowest BCUT2D eigenvalue weighted by molar-refractivity contribution is 0.111. The van der Waals surface area contributed by atoms with Crippen LogP contribution in [0.4, 0.5) is 8.78 Å². The molecule has 0 aromatic carbocycles. The molecule has 76 valence electrons. The van der Waals surface area contributed by atoms with E-state index in [-0.39, 0.29) is 11.4 Å². The minimum atomic E-state index is -2.64. The number of aromatic nitrogens is 1. The number of carbonyl (C=O) groups excluding carboxylic acids is 1. The SMILES string of the molecule is Cc1cc(CBr)c(C=O)nc1C(F)F. The van der Waals surface area contributed by atoms with Crippen LogP contribution >= 0.6 is 15.9 Å². The lowest BCUT2D eigenvalue weighted by Crippen LogP contribution is -2.02. The predicted octanol–water partition coefficient (Wildman–Crippen LogP) is 3.04. The summed E-state index contributed by atoms with van der Waals surface area (Å²) in [5, 5.41) is 0.429. The number of hydrogen-bond donors (Lipinski definition) is 0. The Bertz CT molecular complexity index is 355. The van der Waals surface area contributed by atoms with E-state index in [4.69, 9.17) is 0 Å². The smallest absolute Gasteiger partial charge is 0.280 e. The van der Waals surface area contributed by atoms with Crippen LogP contribution in [-0.4, -0.2) is 11.3 Å². The molecule has 0 spiro atoms. The van der Waals surface area contributed by atoms with Crippen LogP contribution in [0.25, 0.3) is 0 Å². The topological polar surface area (TPSA) is 30.0 Å². The summed E-state index contributed by atoms with van der Waals surface area (Å²) in [4.78, 5) is 14.2. The van der Waals surface area contributed by atoms with Crippen LogP contribution in [-0.2, 0) is 5.33 Å². The zero-order valence-corrected chi connectivity index (χ0v) is 9.01. The van der Waals surface area contributed by atoms with Crippen LogP contribution in [0.2, 0.25) is 0 Å². The first-order chi connectivity index (χ1) is 6.60. The molecule has 0 aliphatic carbocycles. The number of pyridine rings is 1. The van der Waals surface area contributed by atoms with Gasteiger partial charge in [-0.15, -0.1) is 0 Å². The van der Waals surface area contributed by atoms with Crippen LogP contribution in [0.15, 0.2) is 6.07 Å². The number of alkyl halides is 3. The van der Waals surface area contributed by atoms with Crippen molar-refractivity contribution in [1.82, 2.24) is 4.98 Å². The average molecular weight is 264 g/mol. The summed E-state index contributed by atoms with van der Waals surface area (Å²) < 4.78 is 24.8. The van der Waals surface area contributed by atoms with Crippen LogP contribution in [0.3, 0.4) is 0 Å². The predicted molar refractivity (Wildman–Crippen MR) is 51.9 cm³/mol. The molecule has 0 atom stereocenters. The summed E-state index contributed by atoms with van der Waals surface area (Å²) in [5.74, 6) is 0. The molecule has 1 heterocycles. The fourth-order valence-corrected chi connectivity index (χ4v) is 1.58. The van der Waals surface area contributed by atoms with Crippen molar-refractivity contribution < 1.29 is 13.6 Å². The number of nitrogens with zero attached hydrogens (tertiary/aromatic N) is 1. The Balaban J connectivity index is 3.30. The van der Waals surface area contributed by atoms with E-state index < -0.39 is 6.43 Å². The molecule has 0 aliphatic heterocycles. The zero-order valence-electron chi connectivity index (χ0n) is 7.43. The maximum Gasteiger partial charge on any atom is 0.280 e. The molecule has 1 aromatic heterocycles. The first kappa shape index (κ1) is 11.2. The van der Waals surface area contributed by atoms with Crippen molar-refractivity contribution in [2.45, 2.75) is 18.7 Å². The fraction of sp³-hybridized carbons (Fsp3) is 0.333. The highest BCUT2D eigenvalue weighted by atomic mass is 79.9. The highest BCUT2D eigenvalue weighted by Gasteiger charge is 2.15. The van der Waals surface area contributed by atoms with Crippen molar-refractivity contribution in [3.8, 4) is 0 Å². The van der Waals surface area contributed by atoms with Crippen LogP contribution in [0, 0.1) is 6.92 Å². The van der Waals surface area contributed by atoms with Gasteiger partial charge in [0, 0.05) is 5.33 Å². The second-order valence-electron chi connectivity index (χ2n) is 2.79. The highest BCUT2D eigenvalue weighted by Crippen LogP contribution is 2.23. The minimum absolute atomic E-state index is 0.0720. The number of hydrogen-bond acceptors (Lipinski definition) is 2. The van der Waals surface area contributed by atoms with Crippen molar-refractivity contribution in [2.75, 3.05) is 0 Å². The van der Waals surface area contributed by atoms with E-state index in [1.54, 1.807) is 13.0 Å². The summed E-state index contributed by atoms with van der Waals surface area (Å²) in [7, 11) is 0. The first-order valence-electron chi connectivity index (χ1n) is 3.89. The Labute approximate surface area is 88.5 Å². The molecule has 1 aromatic rings. The van der Waals surface area contributed by atoms with Gasteiger partial charge in [0.25, 0.3) is 6.43 Å². The van der Waals surface area contributed by atoms with Crippen molar-refractivity contribution >= 4 is 22.2 Å². The summed E-state index contributed by atoms with van der Waals surface area (Å²) in [6.45, 7) is 1.55. The number of carbonyl (C=O) groups is 1. The maximum atomic E-state index is 12.4. The molecular formula is C9H8BrF2NO. The van der Waals surface area contributed by atoms with Gasteiger partial charge in [-0.2, -0.15) is 0 Å². The molecule has 0 saturated heterocycles. The molecule has 0 bridgehead atoms. The van der Waals surface area contributed by atoms with Gasteiger partial charge in [0.15, 0.2) is 6.29 Å². The van der Waals surface area contributed by atoms with E-state index in [2.05, 4.69) is 20.9 Å². The van der Waals surface area contributed by atoms with Crippen LogP contribution in [0.1, 0.15) is 33.7 Å². The van der Waals surface area contributed by atoms with Crippen molar-refractivity contribution in [1.29, 1.82) is 0 Å². The monoisotopic (exact) mass is 263 g/mol. The van der Waals surface area contributed by atoms with Crippen molar-refractivity contribution in [2.24, 2.45) is 0 Å². The third-order valence-corrected chi connectivity index (χ3v) is 2.43. The Hall–Kier alpha value is -0.840. The number of aldehydes is 1. The third kappa shape index (κ3) is 2.15. The largest absolute Gasteiger partial charge is 0.296 e. The molecule has 1 rings (SSSR count). The molecule has 0 unspecified atom stereocenters. The molecule has 0 aliphatic rings. The van der Waals surface area contributed by atoms with E-state index >= 15 is 0 Å².